The minimum Gasteiger partial charge on any atom is -0.347 e. The summed E-state index contributed by atoms with van der Waals surface area (Å²) in [7, 11) is 0. The van der Waals surface area contributed by atoms with Crippen molar-refractivity contribution in [2.45, 2.75) is 33.2 Å². The molecule has 6 heteroatoms. The summed E-state index contributed by atoms with van der Waals surface area (Å²) < 4.78 is 0. The highest BCUT2D eigenvalue weighted by molar-refractivity contribution is 6.31. The predicted octanol–water partition coefficient (Wildman–Crippen LogP) is 3.82. The number of hydrogen-bond acceptors (Lipinski definition) is 3. The van der Waals surface area contributed by atoms with Gasteiger partial charge in [-0.25, -0.2) is 0 Å². The first-order chi connectivity index (χ1) is 11.2. The second-order valence-electron chi connectivity index (χ2n) is 6.50. The summed E-state index contributed by atoms with van der Waals surface area (Å²) in [6.07, 6.45) is 1.44. The van der Waals surface area contributed by atoms with Crippen LogP contribution in [0.3, 0.4) is 0 Å². The Labute approximate surface area is 146 Å². The van der Waals surface area contributed by atoms with Crippen molar-refractivity contribution in [3.8, 4) is 0 Å². The summed E-state index contributed by atoms with van der Waals surface area (Å²) in [5.74, 6) is -0.649. The molecule has 0 saturated carbocycles. The fourth-order valence-corrected chi connectivity index (χ4v) is 2.21. The Kier molecular flexibility index (Phi) is 5.24. The van der Waals surface area contributed by atoms with Crippen molar-refractivity contribution in [3.05, 3.63) is 58.4 Å². The van der Waals surface area contributed by atoms with Crippen molar-refractivity contribution < 1.29 is 9.59 Å². The van der Waals surface area contributed by atoms with Gasteiger partial charge in [-0.1, -0.05) is 17.7 Å². The number of amides is 2. The number of nitrogens with one attached hydrogen (secondary N) is 2. The third-order valence-corrected chi connectivity index (χ3v) is 3.67. The van der Waals surface area contributed by atoms with Crippen LogP contribution < -0.4 is 10.6 Å². The molecule has 0 aliphatic rings. The molecule has 1 aromatic heterocycles. The Balaban J connectivity index is 2.20. The Morgan fingerprint density at radius 1 is 1.12 bits per heavy atom. The zero-order valence-electron chi connectivity index (χ0n) is 14.1. The van der Waals surface area contributed by atoms with Gasteiger partial charge in [0.2, 0.25) is 0 Å². The van der Waals surface area contributed by atoms with Gasteiger partial charge in [0.05, 0.1) is 0 Å². The Hall–Kier alpha value is -2.40. The SMILES string of the molecule is Cc1c(Cl)cccc1NC(=O)c1cc(C(=O)NC(C)(C)C)ccn1. The molecule has 0 fully saturated rings. The standard InChI is InChI=1S/C18H20ClN3O2/c1-11-13(19)6-5-7-14(11)21-17(24)15-10-12(8-9-20-15)16(23)22-18(2,3)4/h5-10H,1-4H3,(H,21,24)(H,22,23). The van der Waals surface area contributed by atoms with E-state index in [1.165, 1.54) is 12.3 Å². The topological polar surface area (TPSA) is 71.1 Å². The maximum atomic E-state index is 12.4. The number of halogens is 1. The highest BCUT2D eigenvalue weighted by Gasteiger charge is 2.17. The molecule has 2 N–H and O–H groups in total. The molecule has 0 saturated heterocycles. The molecule has 0 radical (unpaired) electrons. The Morgan fingerprint density at radius 2 is 1.83 bits per heavy atom. The summed E-state index contributed by atoms with van der Waals surface area (Å²) in [6.45, 7) is 7.49. The lowest BCUT2D eigenvalue weighted by Gasteiger charge is -2.20. The number of aromatic nitrogens is 1. The molecule has 2 aromatic rings. The quantitative estimate of drug-likeness (QED) is 0.888. The van der Waals surface area contributed by atoms with E-state index in [2.05, 4.69) is 15.6 Å². The lowest BCUT2D eigenvalue weighted by Crippen LogP contribution is -2.40. The summed E-state index contributed by atoms with van der Waals surface area (Å²) in [5.41, 5.74) is 1.57. The number of anilines is 1. The number of pyridine rings is 1. The number of carbonyl (C=O) groups excluding carboxylic acids is 2. The summed E-state index contributed by atoms with van der Waals surface area (Å²) in [4.78, 5) is 28.6. The molecular formula is C18H20ClN3O2. The van der Waals surface area contributed by atoms with Gasteiger partial charge < -0.3 is 10.6 Å². The molecule has 0 unspecified atom stereocenters. The molecule has 1 aromatic carbocycles. The van der Waals surface area contributed by atoms with E-state index < -0.39 is 5.91 Å². The predicted molar refractivity (Wildman–Crippen MR) is 95.6 cm³/mol. The van der Waals surface area contributed by atoms with Crippen LogP contribution in [-0.2, 0) is 0 Å². The molecular weight excluding hydrogens is 326 g/mol. The van der Waals surface area contributed by atoms with E-state index in [4.69, 9.17) is 11.6 Å². The molecule has 0 bridgehead atoms. The molecule has 2 rings (SSSR count). The summed E-state index contributed by atoms with van der Waals surface area (Å²) in [5, 5.41) is 6.18. The van der Waals surface area contributed by atoms with Crippen molar-refractivity contribution in [1.29, 1.82) is 0 Å². The van der Waals surface area contributed by atoms with Crippen molar-refractivity contribution in [2.24, 2.45) is 0 Å². The first kappa shape index (κ1) is 17.9. The number of benzene rings is 1. The van der Waals surface area contributed by atoms with Crippen LogP contribution in [0.1, 0.15) is 47.2 Å². The zero-order chi connectivity index (χ0) is 17.9. The van der Waals surface area contributed by atoms with Crippen LogP contribution in [0.25, 0.3) is 0 Å². The molecule has 0 spiro atoms. The van der Waals surface area contributed by atoms with E-state index in [1.54, 1.807) is 24.3 Å². The average Bonchev–Trinajstić information content (AvgIpc) is 2.50. The maximum Gasteiger partial charge on any atom is 0.274 e. The number of rotatable bonds is 3. The van der Waals surface area contributed by atoms with Gasteiger partial charge in [0, 0.05) is 28.0 Å². The van der Waals surface area contributed by atoms with Gasteiger partial charge in [-0.2, -0.15) is 0 Å². The smallest absolute Gasteiger partial charge is 0.274 e. The third-order valence-electron chi connectivity index (χ3n) is 3.26. The molecule has 5 nitrogen and oxygen atoms in total. The van der Waals surface area contributed by atoms with Crippen LogP contribution in [0.5, 0.6) is 0 Å². The van der Waals surface area contributed by atoms with E-state index >= 15 is 0 Å². The third kappa shape index (κ3) is 4.55. The molecule has 1 heterocycles. The van der Waals surface area contributed by atoms with Crippen molar-refractivity contribution in [1.82, 2.24) is 10.3 Å². The van der Waals surface area contributed by atoms with E-state index in [9.17, 15) is 9.59 Å². The summed E-state index contributed by atoms with van der Waals surface area (Å²) >= 11 is 6.05. The minimum atomic E-state index is -0.397. The van der Waals surface area contributed by atoms with Crippen LogP contribution >= 0.6 is 11.6 Å². The number of carbonyl (C=O) groups is 2. The average molecular weight is 346 g/mol. The van der Waals surface area contributed by atoms with Crippen LogP contribution in [0.15, 0.2) is 36.5 Å². The fourth-order valence-electron chi connectivity index (χ4n) is 2.04. The van der Waals surface area contributed by atoms with E-state index in [0.717, 1.165) is 5.56 Å². The molecule has 0 aliphatic heterocycles. The van der Waals surface area contributed by atoms with Crippen LogP contribution in [0.2, 0.25) is 5.02 Å². The normalized spacial score (nSPS) is 11.0. The van der Waals surface area contributed by atoms with E-state index in [-0.39, 0.29) is 17.1 Å². The van der Waals surface area contributed by atoms with Crippen molar-refractivity contribution in [2.75, 3.05) is 5.32 Å². The lowest BCUT2D eigenvalue weighted by atomic mass is 10.1. The monoisotopic (exact) mass is 345 g/mol. The van der Waals surface area contributed by atoms with Gasteiger partial charge >= 0.3 is 0 Å². The first-order valence-corrected chi connectivity index (χ1v) is 7.90. The van der Waals surface area contributed by atoms with Crippen LogP contribution in [0, 0.1) is 6.92 Å². The lowest BCUT2D eigenvalue weighted by molar-refractivity contribution is 0.0919. The van der Waals surface area contributed by atoms with Gasteiger partial charge in [-0.05, 0) is 57.5 Å². The molecule has 126 valence electrons. The molecule has 2 amide bonds. The van der Waals surface area contributed by atoms with Crippen molar-refractivity contribution >= 4 is 29.1 Å². The zero-order valence-corrected chi connectivity index (χ0v) is 14.9. The number of nitrogens with zero attached hydrogens (tertiary/aromatic N) is 1. The second-order valence-corrected chi connectivity index (χ2v) is 6.91. The minimum absolute atomic E-state index is 0.163. The van der Waals surface area contributed by atoms with Crippen LogP contribution in [-0.4, -0.2) is 22.3 Å². The first-order valence-electron chi connectivity index (χ1n) is 7.52. The van der Waals surface area contributed by atoms with Gasteiger partial charge in [-0.3, -0.25) is 14.6 Å². The molecule has 24 heavy (non-hydrogen) atoms. The van der Waals surface area contributed by atoms with Crippen LogP contribution in [0.4, 0.5) is 5.69 Å². The van der Waals surface area contributed by atoms with Gasteiger partial charge in [0.15, 0.2) is 0 Å². The van der Waals surface area contributed by atoms with Gasteiger partial charge in [0.1, 0.15) is 5.69 Å². The molecule has 0 aliphatic carbocycles. The highest BCUT2D eigenvalue weighted by Crippen LogP contribution is 2.23. The Bertz CT molecular complexity index is 782. The van der Waals surface area contributed by atoms with Gasteiger partial charge in [0.25, 0.3) is 11.8 Å². The maximum absolute atomic E-state index is 12.4. The highest BCUT2D eigenvalue weighted by atomic mass is 35.5. The van der Waals surface area contributed by atoms with Crippen molar-refractivity contribution in [3.63, 3.8) is 0 Å². The second kappa shape index (κ2) is 7.01. The number of hydrogen-bond donors (Lipinski definition) is 2. The summed E-state index contributed by atoms with van der Waals surface area (Å²) in [6, 6.07) is 8.31. The van der Waals surface area contributed by atoms with Gasteiger partial charge in [-0.15, -0.1) is 0 Å². The van der Waals surface area contributed by atoms with E-state index in [1.807, 2.05) is 27.7 Å². The fraction of sp³-hybridized carbons (Fsp3) is 0.278. The molecule has 0 atom stereocenters. The largest absolute Gasteiger partial charge is 0.347 e. The van der Waals surface area contributed by atoms with E-state index in [0.29, 0.717) is 16.3 Å². The Morgan fingerprint density at radius 3 is 2.50 bits per heavy atom.